The molecule has 3 saturated heterocycles. The molecule has 1 aliphatic carbocycles. The molecule has 130 valence electrons. The molecule has 2 aromatic rings. The molecule has 4 heteroatoms. The average molecular weight is 335 g/mol. The first-order valence-corrected chi connectivity index (χ1v) is 9.49. The van der Waals surface area contributed by atoms with E-state index in [0.717, 1.165) is 31.1 Å². The molecular weight excluding hydrogens is 310 g/mol. The maximum absolute atomic E-state index is 12.9. The number of H-pyrrole nitrogens is 1. The summed E-state index contributed by atoms with van der Waals surface area (Å²) < 4.78 is 0. The number of nitrogens with one attached hydrogen (secondary N) is 1. The molecule has 6 rings (SSSR count). The molecule has 4 fully saturated rings. The summed E-state index contributed by atoms with van der Waals surface area (Å²) in [5, 5.41) is 0. The Hall–Kier alpha value is -2.07. The van der Waals surface area contributed by atoms with E-state index in [2.05, 4.69) is 45.1 Å². The van der Waals surface area contributed by atoms with E-state index < -0.39 is 0 Å². The molecule has 25 heavy (non-hydrogen) atoms. The van der Waals surface area contributed by atoms with Crippen LogP contribution in [0.25, 0.3) is 0 Å². The van der Waals surface area contributed by atoms with Crippen LogP contribution in [0.1, 0.15) is 28.8 Å². The molecule has 4 aliphatic rings. The number of carbonyl (C=O) groups is 1. The van der Waals surface area contributed by atoms with Crippen molar-refractivity contribution in [1.29, 1.82) is 0 Å². The lowest BCUT2D eigenvalue weighted by molar-refractivity contribution is -0.0144. The summed E-state index contributed by atoms with van der Waals surface area (Å²) in [7, 11) is 0. The Morgan fingerprint density at radius 1 is 1.04 bits per heavy atom. The molecule has 4 atom stereocenters. The largest absolute Gasteiger partial charge is 0.367 e. The van der Waals surface area contributed by atoms with Gasteiger partial charge in [0.1, 0.15) is 0 Å². The second-order valence-electron chi connectivity index (χ2n) is 7.97. The molecule has 4 unspecified atom stereocenters. The van der Waals surface area contributed by atoms with Crippen molar-refractivity contribution in [3.63, 3.8) is 0 Å². The third-order valence-electron chi connectivity index (χ3n) is 6.61. The lowest BCUT2D eigenvalue weighted by atomic mass is 9.66. The van der Waals surface area contributed by atoms with Crippen molar-refractivity contribution in [1.82, 2.24) is 14.8 Å². The van der Waals surface area contributed by atoms with Crippen molar-refractivity contribution in [3.8, 4) is 0 Å². The number of piperidine rings is 2. The van der Waals surface area contributed by atoms with Crippen LogP contribution in [0.2, 0.25) is 0 Å². The molecule has 1 saturated carbocycles. The number of carbonyl (C=O) groups excluding carboxylic acids is 1. The van der Waals surface area contributed by atoms with E-state index in [1.807, 2.05) is 18.5 Å². The Morgan fingerprint density at radius 2 is 1.88 bits per heavy atom. The first kappa shape index (κ1) is 15.2. The predicted octanol–water partition coefficient (Wildman–Crippen LogP) is 3.00. The summed E-state index contributed by atoms with van der Waals surface area (Å²) in [6, 6.07) is 13.1. The van der Waals surface area contributed by atoms with Crippen LogP contribution in [0.15, 0.2) is 48.8 Å². The molecule has 1 aromatic carbocycles. The van der Waals surface area contributed by atoms with Crippen molar-refractivity contribution in [2.24, 2.45) is 17.8 Å². The smallest absolute Gasteiger partial charge is 0.255 e. The van der Waals surface area contributed by atoms with Crippen LogP contribution in [0.5, 0.6) is 0 Å². The van der Waals surface area contributed by atoms with Crippen molar-refractivity contribution in [2.45, 2.75) is 25.4 Å². The zero-order valence-corrected chi connectivity index (χ0v) is 14.5. The number of aromatic amines is 1. The zero-order valence-electron chi connectivity index (χ0n) is 14.5. The second kappa shape index (κ2) is 6.03. The maximum Gasteiger partial charge on any atom is 0.255 e. The number of aromatic nitrogens is 1. The fourth-order valence-corrected chi connectivity index (χ4v) is 5.49. The highest BCUT2D eigenvalue weighted by atomic mass is 16.2. The number of amides is 1. The third kappa shape index (κ3) is 2.60. The summed E-state index contributed by atoms with van der Waals surface area (Å²) in [6.45, 7) is 4.33. The number of hydrogen-bond donors (Lipinski definition) is 1. The zero-order chi connectivity index (χ0) is 16.8. The Morgan fingerprint density at radius 3 is 2.68 bits per heavy atom. The number of hydrogen-bond acceptors (Lipinski definition) is 2. The maximum atomic E-state index is 12.9. The van der Waals surface area contributed by atoms with E-state index in [1.165, 1.54) is 24.9 Å². The molecule has 4 nitrogen and oxygen atoms in total. The number of likely N-dealkylation sites (tertiary alicyclic amines) is 1. The number of rotatable bonds is 3. The number of benzene rings is 1. The molecule has 3 aliphatic heterocycles. The Kier molecular flexibility index (Phi) is 3.66. The van der Waals surface area contributed by atoms with Crippen molar-refractivity contribution in [2.75, 3.05) is 19.6 Å². The van der Waals surface area contributed by atoms with Gasteiger partial charge in [0.2, 0.25) is 0 Å². The Bertz CT molecular complexity index is 742. The molecule has 1 amide bonds. The SMILES string of the molecule is O=C(c1cc[nH]c1)N1CC2CCC1C1CN(Cc3ccccc3)CC21. The Labute approximate surface area is 148 Å². The van der Waals surface area contributed by atoms with Crippen LogP contribution in [0, 0.1) is 17.8 Å². The van der Waals surface area contributed by atoms with Gasteiger partial charge in [0, 0.05) is 44.6 Å². The van der Waals surface area contributed by atoms with Crippen molar-refractivity contribution >= 4 is 5.91 Å². The van der Waals surface area contributed by atoms with Gasteiger partial charge in [-0.15, -0.1) is 0 Å². The van der Waals surface area contributed by atoms with Crippen LogP contribution in [0.3, 0.4) is 0 Å². The van der Waals surface area contributed by atoms with Crippen molar-refractivity contribution in [3.05, 3.63) is 59.9 Å². The van der Waals surface area contributed by atoms with Gasteiger partial charge in [-0.05, 0) is 42.2 Å². The summed E-state index contributed by atoms with van der Waals surface area (Å²) >= 11 is 0. The lowest BCUT2D eigenvalue weighted by Gasteiger charge is -2.52. The Balaban J connectivity index is 1.33. The van der Waals surface area contributed by atoms with E-state index in [4.69, 9.17) is 0 Å². The minimum Gasteiger partial charge on any atom is -0.367 e. The fraction of sp³-hybridized carbons (Fsp3) is 0.476. The average Bonchev–Trinajstić information content (AvgIpc) is 3.32. The van der Waals surface area contributed by atoms with Crippen LogP contribution in [-0.2, 0) is 6.54 Å². The topological polar surface area (TPSA) is 39.3 Å². The molecule has 0 radical (unpaired) electrons. The monoisotopic (exact) mass is 335 g/mol. The first-order valence-electron chi connectivity index (χ1n) is 9.49. The highest BCUT2D eigenvalue weighted by Gasteiger charge is 2.52. The minimum atomic E-state index is 0.218. The van der Waals surface area contributed by atoms with E-state index in [9.17, 15) is 4.79 Å². The van der Waals surface area contributed by atoms with Gasteiger partial charge >= 0.3 is 0 Å². The summed E-state index contributed by atoms with van der Waals surface area (Å²) in [4.78, 5) is 20.7. The normalized spacial score (nSPS) is 31.3. The quantitative estimate of drug-likeness (QED) is 0.936. The van der Waals surface area contributed by atoms with Crippen LogP contribution in [-0.4, -0.2) is 46.4 Å². The summed E-state index contributed by atoms with van der Waals surface area (Å²) in [5.41, 5.74) is 2.21. The molecule has 1 aromatic heterocycles. The number of nitrogens with zero attached hydrogens (tertiary/aromatic N) is 2. The van der Waals surface area contributed by atoms with E-state index in [1.54, 1.807) is 0 Å². The molecular formula is C21H25N3O. The van der Waals surface area contributed by atoms with Gasteiger partial charge in [-0.25, -0.2) is 0 Å². The standard InChI is InChI=1S/C21H25N3O/c25-21(16-8-9-22-10-16)24-12-17-6-7-20(24)19-14-23(13-18(17)19)11-15-4-2-1-3-5-15/h1-5,8-10,17-20,22H,6-7,11-14H2. The van der Waals surface area contributed by atoms with Crippen LogP contribution >= 0.6 is 0 Å². The van der Waals surface area contributed by atoms with Gasteiger partial charge in [-0.1, -0.05) is 30.3 Å². The van der Waals surface area contributed by atoms with Gasteiger partial charge in [-0.3, -0.25) is 9.69 Å². The molecule has 0 spiro atoms. The first-order chi connectivity index (χ1) is 12.3. The number of fused-ring (bicyclic) bond motifs is 2. The van der Waals surface area contributed by atoms with E-state index in [-0.39, 0.29) is 5.91 Å². The second-order valence-corrected chi connectivity index (χ2v) is 7.97. The van der Waals surface area contributed by atoms with Crippen LogP contribution < -0.4 is 0 Å². The highest BCUT2D eigenvalue weighted by Crippen LogP contribution is 2.47. The molecule has 2 bridgehead atoms. The van der Waals surface area contributed by atoms with E-state index >= 15 is 0 Å². The minimum absolute atomic E-state index is 0.218. The predicted molar refractivity (Wildman–Crippen MR) is 97.0 cm³/mol. The van der Waals surface area contributed by atoms with E-state index in [0.29, 0.717) is 17.9 Å². The van der Waals surface area contributed by atoms with Gasteiger partial charge < -0.3 is 9.88 Å². The molecule has 4 heterocycles. The van der Waals surface area contributed by atoms with Gasteiger partial charge in [0.15, 0.2) is 0 Å². The third-order valence-corrected chi connectivity index (χ3v) is 6.61. The van der Waals surface area contributed by atoms with Crippen molar-refractivity contribution < 1.29 is 4.79 Å². The lowest BCUT2D eigenvalue weighted by Crippen LogP contribution is -2.59. The van der Waals surface area contributed by atoms with Gasteiger partial charge in [-0.2, -0.15) is 0 Å². The van der Waals surface area contributed by atoms with Gasteiger partial charge in [0.25, 0.3) is 5.91 Å². The van der Waals surface area contributed by atoms with Crippen LogP contribution in [0.4, 0.5) is 0 Å². The fourth-order valence-electron chi connectivity index (χ4n) is 5.49. The highest BCUT2D eigenvalue weighted by molar-refractivity contribution is 5.94. The van der Waals surface area contributed by atoms with Gasteiger partial charge in [0.05, 0.1) is 5.56 Å². The summed E-state index contributed by atoms with van der Waals surface area (Å²) in [5.74, 6) is 2.33. The molecule has 1 N–H and O–H groups in total. The summed E-state index contributed by atoms with van der Waals surface area (Å²) in [6.07, 6.45) is 6.15.